The van der Waals surface area contributed by atoms with Crippen LogP contribution in [0.25, 0.3) is 0 Å². The molecule has 1 saturated heterocycles. The van der Waals surface area contributed by atoms with Crippen molar-refractivity contribution >= 4 is 10.0 Å². The van der Waals surface area contributed by atoms with E-state index in [4.69, 9.17) is 4.74 Å². The molecule has 5 heteroatoms. The summed E-state index contributed by atoms with van der Waals surface area (Å²) in [5.41, 5.74) is 4.41. The van der Waals surface area contributed by atoms with E-state index in [0.717, 1.165) is 22.3 Å². The lowest BCUT2D eigenvalue weighted by Gasteiger charge is -2.15. The predicted molar refractivity (Wildman–Crippen MR) is 124 cm³/mol. The maximum atomic E-state index is 13.2. The maximum Gasteiger partial charge on any atom is 0.243 e. The number of hydrogen-bond donors (Lipinski definition) is 0. The van der Waals surface area contributed by atoms with Crippen LogP contribution in [0, 0.1) is 18.8 Å². The zero-order valence-electron chi connectivity index (χ0n) is 18.1. The minimum Gasteiger partial charge on any atom is -0.372 e. The summed E-state index contributed by atoms with van der Waals surface area (Å²) in [6, 6.07) is 17.2. The lowest BCUT2D eigenvalue weighted by atomic mass is 9.94. The number of nitrogens with zero attached hydrogens (tertiary/aromatic N) is 1. The molecule has 31 heavy (non-hydrogen) atoms. The van der Waals surface area contributed by atoms with Gasteiger partial charge in [0.2, 0.25) is 10.0 Å². The Bertz CT molecular complexity index is 1100. The fourth-order valence-electron chi connectivity index (χ4n) is 4.04. The van der Waals surface area contributed by atoms with Crippen LogP contribution in [-0.2, 0) is 21.4 Å². The summed E-state index contributed by atoms with van der Waals surface area (Å²) < 4.78 is 33.9. The molecule has 0 unspecified atom stereocenters. The van der Waals surface area contributed by atoms with E-state index in [1.165, 1.54) is 0 Å². The first-order chi connectivity index (χ1) is 14.9. The van der Waals surface area contributed by atoms with Crippen molar-refractivity contribution in [1.82, 2.24) is 4.31 Å². The van der Waals surface area contributed by atoms with E-state index in [2.05, 4.69) is 43.4 Å². The molecule has 1 aliphatic carbocycles. The highest BCUT2D eigenvalue weighted by atomic mass is 32.2. The second-order valence-corrected chi connectivity index (χ2v) is 10.3. The molecular weight excluding hydrogens is 406 g/mol. The van der Waals surface area contributed by atoms with E-state index >= 15 is 0 Å². The Labute approximate surface area is 185 Å². The molecule has 4 rings (SSSR count). The molecule has 2 aromatic rings. The van der Waals surface area contributed by atoms with Crippen LogP contribution in [0.2, 0.25) is 0 Å². The van der Waals surface area contributed by atoms with Crippen LogP contribution in [0.4, 0.5) is 0 Å². The SMILES string of the molecule is Cc1ccc(S(=O)(=O)N2C/C3=C/C(COCc4ccccc4)=C\[C@H](C)/C=C\[C@@H]3C2)cc1. The largest absolute Gasteiger partial charge is 0.372 e. The highest BCUT2D eigenvalue weighted by molar-refractivity contribution is 7.89. The highest BCUT2D eigenvalue weighted by Crippen LogP contribution is 2.32. The normalized spacial score (nSPS) is 26.1. The first kappa shape index (κ1) is 21.8. The Kier molecular flexibility index (Phi) is 6.56. The average Bonchev–Trinajstić information content (AvgIpc) is 3.15. The molecule has 0 N–H and O–H groups in total. The standard InChI is InChI=1S/C26H29NO3S/c1-20-9-12-26(13-10-20)31(28,29)27-16-24-11-8-21(2)14-23(15-25(24)17-27)19-30-18-22-6-4-3-5-7-22/h3-15,21,24H,16-19H2,1-2H3/b11-8-,23-14+,25-15-/t21-,24-/m1/s1. The number of ether oxygens (including phenoxy) is 1. The third-order valence-corrected chi connectivity index (χ3v) is 7.60. The van der Waals surface area contributed by atoms with Crippen LogP contribution >= 0.6 is 0 Å². The smallest absolute Gasteiger partial charge is 0.243 e. The minimum atomic E-state index is -3.51. The number of sulfonamides is 1. The van der Waals surface area contributed by atoms with Crippen LogP contribution < -0.4 is 0 Å². The third-order valence-electron chi connectivity index (χ3n) is 5.77. The first-order valence-electron chi connectivity index (χ1n) is 10.7. The van der Waals surface area contributed by atoms with Gasteiger partial charge in [-0.15, -0.1) is 0 Å². The maximum absolute atomic E-state index is 13.2. The van der Waals surface area contributed by atoms with Gasteiger partial charge < -0.3 is 4.74 Å². The molecule has 4 nitrogen and oxygen atoms in total. The molecule has 0 radical (unpaired) electrons. The van der Waals surface area contributed by atoms with Gasteiger partial charge in [-0.3, -0.25) is 0 Å². The fourth-order valence-corrected chi connectivity index (χ4v) is 5.50. The van der Waals surface area contributed by atoms with Crippen molar-refractivity contribution in [1.29, 1.82) is 0 Å². The number of benzene rings is 2. The molecule has 162 valence electrons. The quantitative estimate of drug-likeness (QED) is 0.607. The molecule has 0 bridgehead atoms. The van der Waals surface area contributed by atoms with Gasteiger partial charge in [0.25, 0.3) is 0 Å². The summed E-state index contributed by atoms with van der Waals surface area (Å²) in [5.74, 6) is 0.372. The van der Waals surface area contributed by atoms with Crippen molar-refractivity contribution in [2.45, 2.75) is 25.3 Å². The Morgan fingerprint density at radius 2 is 1.74 bits per heavy atom. The van der Waals surface area contributed by atoms with Gasteiger partial charge in [-0.05, 0) is 41.7 Å². The Balaban J connectivity index is 1.50. The van der Waals surface area contributed by atoms with Crippen LogP contribution in [0.1, 0.15) is 18.1 Å². The predicted octanol–water partition coefficient (Wildman–Crippen LogP) is 4.89. The van der Waals surface area contributed by atoms with Crippen molar-refractivity contribution in [3.63, 3.8) is 0 Å². The monoisotopic (exact) mass is 435 g/mol. The molecule has 1 heterocycles. The zero-order chi connectivity index (χ0) is 21.8. The van der Waals surface area contributed by atoms with E-state index in [1.54, 1.807) is 16.4 Å². The van der Waals surface area contributed by atoms with Gasteiger partial charge >= 0.3 is 0 Å². The molecule has 0 aromatic heterocycles. The second kappa shape index (κ2) is 9.35. The summed E-state index contributed by atoms with van der Waals surface area (Å²) >= 11 is 0. The molecule has 0 spiro atoms. The molecule has 1 fully saturated rings. The third kappa shape index (κ3) is 5.24. The number of aryl methyl sites for hydroxylation is 1. The Morgan fingerprint density at radius 3 is 2.48 bits per heavy atom. The topological polar surface area (TPSA) is 46.6 Å². The average molecular weight is 436 g/mol. The van der Waals surface area contributed by atoms with E-state index < -0.39 is 10.0 Å². The van der Waals surface area contributed by atoms with Gasteiger partial charge in [-0.2, -0.15) is 4.31 Å². The molecule has 2 atom stereocenters. The van der Waals surface area contributed by atoms with Crippen molar-refractivity contribution < 1.29 is 13.2 Å². The molecule has 2 aromatic carbocycles. The number of hydrogen-bond acceptors (Lipinski definition) is 3. The molecule has 0 saturated carbocycles. The number of allylic oxidation sites excluding steroid dienone is 2. The van der Waals surface area contributed by atoms with Crippen LogP contribution in [0.3, 0.4) is 0 Å². The summed E-state index contributed by atoms with van der Waals surface area (Å²) in [6.07, 6.45) is 8.65. The van der Waals surface area contributed by atoms with Crippen molar-refractivity contribution in [2.24, 2.45) is 11.8 Å². The molecular formula is C26H29NO3S. The first-order valence-corrected chi connectivity index (χ1v) is 12.1. The summed E-state index contributed by atoms with van der Waals surface area (Å²) in [5, 5.41) is 0. The summed E-state index contributed by atoms with van der Waals surface area (Å²) in [6.45, 7) is 6.05. The van der Waals surface area contributed by atoms with Crippen LogP contribution in [0.15, 0.2) is 94.9 Å². The van der Waals surface area contributed by atoms with E-state index in [9.17, 15) is 8.42 Å². The fraction of sp³-hybridized carbons (Fsp3) is 0.308. The number of rotatable bonds is 6. The van der Waals surface area contributed by atoms with Gasteiger partial charge in [0.15, 0.2) is 0 Å². The molecule has 0 amide bonds. The summed E-state index contributed by atoms with van der Waals surface area (Å²) in [7, 11) is -3.51. The van der Waals surface area contributed by atoms with E-state index in [-0.39, 0.29) is 11.8 Å². The van der Waals surface area contributed by atoms with Crippen LogP contribution in [-0.4, -0.2) is 32.4 Å². The lowest BCUT2D eigenvalue weighted by Crippen LogP contribution is -2.28. The lowest BCUT2D eigenvalue weighted by molar-refractivity contribution is 0.144. The number of fused-ring (bicyclic) bond motifs is 1. The van der Waals surface area contributed by atoms with Gasteiger partial charge in [0.05, 0.1) is 18.1 Å². The second-order valence-electron chi connectivity index (χ2n) is 8.40. The van der Waals surface area contributed by atoms with Gasteiger partial charge in [0.1, 0.15) is 0 Å². The van der Waals surface area contributed by atoms with Gasteiger partial charge in [-0.25, -0.2) is 8.42 Å². The van der Waals surface area contributed by atoms with Gasteiger partial charge in [0, 0.05) is 19.0 Å². The molecule has 2 aliphatic rings. The minimum absolute atomic E-state index is 0.0977. The van der Waals surface area contributed by atoms with Crippen molar-refractivity contribution in [3.05, 3.63) is 101 Å². The van der Waals surface area contributed by atoms with Crippen molar-refractivity contribution in [3.8, 4) is 0 Å². The summed E-state index contributed by atoms with van der Waals surface area (Å²) in [4.78, 5) is 0.354. The van der Waals surface area contributed by atoms with Crippen LogP contribution in [0.5, 0.6) is 0 Å². The van der Waals surface area contributed by atoms with Gasteiger partial charge in [-0.1, -0.05) is 79.3 Å². The molecule has 1 aliphatic heterocycles. The van der Waals surface area contributed by atoms with E-state index in [1.807, 2.05) is 37.3 Å². The van der Waals surface area contributed by atoms with Crippen molar-refractivity contribution in [2.75, 3.05) is 19.7 Å². The van der Waals surface area contributed by atoms with E-state index in [0.29, 0.717) is 31.2 Å². The Morgan fingerprint density at radius 1 is 1.00 bits per heavy atom. The zero-order valence-corrected chi connectivity index (χ0v) is 18.9. The Hall–Kier alpha value is -2.47. The highest BCUT2D eigenvalue weighted by Gasteiger charge is 2.35.